The highest BCUT2D eigenvalue weighted by Gasteiger charge is 2.05. The maximum absolute atomic E-state index is 4.17. The van der Waals surface area contributed by atoms with Crippen molar-refractivity contribution < 1.29 is 0 Å². The molecule has 0 saturated heterocycles. The Kier molecular flexibility index (Phi) is 4.61. The molecule has 0 heteroatoms. The van der Waals surface area contributed by atoms with E-state index in [4.69, 9.17) is 0 Å². The first-order chi connectivity index (χ1) is 7.09. The minimum atomic E-state index is 1.10. The average Bonchev–Trinajstić information content (AvgIpc) is 2.18. The van der Waals surface area contributed by atoms with Gasteiger partial charge in [-0.1, -0.05) is 41.5 Å². The monoisotopic (exact) mass is 202 g/mol. The fourth-order valence-electron chi connectivity index (χ4n) is 1.73. The van der Waals surface area contributed by atoms with Crippen LogP contribution in [0.2, 0.25) is 0 Å². The molecule has 0 aromatic rings. The third-order valence-corrected chi connectivity index (χ3v) is 2.81. The summed E-state index contributed by atoms with van der Waals surface area (Å²) in [4.78, 5) is 0. The van der Waals surface area contributed by atoms with Crippen LogP contribution >= 0.6 is 0 Å². The first-order valence-electron chi connectivity index (χ1n) is 5.77. The standard InChI is InChI=1S/C15H22/c1-12(2)6-5-7-14(4)15-10-8-13(3)9-11-15/h6,8,10H,4-5,7,9,11H2,1-3H3. The highest BCUT2D eigenvalue weighted by atomic mass is 14.1. The quantitative estimate of drug-likeness (QED) is 0.565. The van der Waals surface area contributed by atoms with E-state index in [1.54, 1.807) is 0 Å². The molecule has 82 valence electrons. The van der Waals surface area contributed by atoms with Gasteiger partial charge >= 0.3 is 0 Å². The minimum absolute atomic E-state index is 1.10. The zero-order valence-corrected chi connectivity index (χ0v) is 10.3. The van der Waals surface area contributed by atoms with Gasteiger partial charge in [-0.15, -0.1) is 0 Å². The molecule has 0 aromatic carbocycles. The van der Waals surface area contributed by atoms with Crippen molar-refractivity contribution >= 4 is 0 Å². The van der Waals surface area contributed by atoms with Crippen molar-refractivity contribution in [2.75, 3.05) is 0 Å². The Hall–Kier alpha value is -1.04. The van der Waals surface area contributed by atoms with E-state index in [0.717, 1.165) is 12.8 Å². The van der Waals surface area contributed by atoms with Crippen LogP contribution in [0.5, 0.6) is 0 Å². The zero-order valence-electron chi connectivity index (χ0n) is 10.3. The maximum Gasteiger partial charge on any atom is -0.0239 e. The van der Waals surface area contributed by atoms with Crippen molar-refractivity contribution in [1.29, 1.82) is 0 Å². The molecule has 0 bridgehead atoms. The summed E-state index contributed by atoms with van der Waals surface area (Å²) in [6.07, 6.45) is 11.4. The predicted molar refractivity (Wildman–Crippen MR) is 68.9 cm³/mol. The summed E-state index contributed by atoms with van der Waals surface area (Å²) in [5.74, 6) is 0. The normalized spacial score (nSPS) is 15.4. The van der Waals surface area contributed by atoms with E-state index in [-0.39, 0.29) is 0 Å². The number of hydrogen-bond donors (Lipinski definition) is 0. The fraction of sp³-hybridized carbons (Fsp3) is 0.467. The summed E-state index contributed by atoms with van der Waals surface area (Å²) in [5.41, 5.74) is 5.64. The van der Waals surface area contributed by atoms with Gasteiger partial charge in [-0.05, 0) is 52.0 Å². The van der Waals surface area contributed by atoms with E-state index in [1.165, 1.54) is 35.1 Å². The van der Waals surface area contributed by atoms with Gasteiger partial charge in [0, 0.05) is 0 Å². The van der Waals surface area contributed by atoms with Crippen LogP contribution in [0, 0.1) is 0 Å². The molecule has 15 heavy (non-hydrogen) atoms. The molecule has 0 atom stereocenters. The molecule has 0 spiro atoms. The molecular weight excluding hydrogens is 180 g/mol. The summed E-state index contributed by atoms with van der Waals surface area (Å²) in [5, 5.41) is 0. The lowest BCUT2D eigenvalue weighted by molar-refractivity contribution is 0.876. The Bertz CT molecular complexity index is 320. The molecule has 0 aliphatic heterocycles. The van der Waals surface area contributed by atoms with Crippen LogP contribution in [0.1, 0.15) is 46.5 Å². The van der Waals surface area contributed by atoms with Gasteiger partial charge in [0.2, 0.25) is 0 Å². The van der Waals surface area contributed by atoms with Crippen LogP contribution < -0.4 is 0 Å². The smallest absolute Gasteiger partial charge is 0.0239 e. The first-order valence-corrected chi connectivity index (χ1v) is 5.77. The predicted octanol–water partition coefficient (Wildman–Crippen LogP) is 4.96. The number of hydrogen-bond acceptors (Lipinski definition) is 0. The third-order valence-electron chi connectivity index (χ3n) is 2.81. The molecule has 0 amide bonds. The Labute approximate surface area is 94.1 Å². The Morgan fingerprint density at radius 3 is 2.60 bits per heavy atom. The molecule has 0 saturated carbocycles. The van der Waals surface area contributed by atoms with E-state index in [0.29, 0.717) is 0 Å². The SMILES string of the molecule is C=C(CCC=C(C)C)C1=CC=C(C)CC1. The van der Waals surface area contributed by atoms with Crippen molar-refractivity contribution in [3.05, 3.63) is 47.1 Å². The van der Waals surface area contributed by atoms with Gasteiger partial charge in [-0.3, -0.25) is 0 Å². The molecule has 0 unspecified atom stereocenters. The molecular formula is C15H22. The first kappa shape index (κ1) is 12.0. The minimum Gasteiger partial charge on any atom is -0.0955 e. The summed E-state index contributed by atoms with van der Waals surface area (Å²) in [7, 11) is 0. The largest absolute Gasteiger partial charge is 0.0955 e. The fourth-order valence-corrected chi connectivity index (χ4v) is 1.73. The van der Waals surface area contributed by atoms with Crippen LogP contribution in [-0.2, 0) is 0 Å². The topological polar surface area (TPSA) is 0 Å². The second-order valence-corrected chi connectivity index (χ2v) is 4.63. The second kappa shape index (κ2) is 5.75. The van der Waals surface area contributed by atoms with Gasteiger partial charge in [0.1, 0.15) is 0 Å². The van der Waals surface area contributed by atoms with E-state index in [1.807, 2.05) is 0 Å². The molecule has 1 rings (SSSR count). The van der Waals surface area contributed by atoms with Crippen molar-refractivity contribution in [3.63, 3.8) is 0 Å². The lowest BCUT2D eigenvalue weighted by atomic mass is 9.92. The van der Waals surface area contributed by atoms with Crippen molar-refractivity contribution in [1.82, 2.24) is 0 Å². The molecule has 1 aliphatic rings. The van der Waals surface area contributed by atoms with Gasteiger partial charge in [-0.25, -0.2) is 0 Å². The molecule has 0 fully saturated rings. The number of allylic oxidation sites excluding steroid dienone is 7. The molecule has 0 aromatic heterocycles. The lowest BCUT2D eigenvalue weighted by Crippen LogP contribution is -1.94. The highest BCUT2D eigenvalue weighted by molar-refractivity contribution is 5.36. The van der Waals surface area contributed by atoms with Gasteiger partial charge < -0.3 is 0 Å². The van der Waals surface area contributed by atoms with Crippen molar-refractivity contribution in [2.45, 2.75) is 46.5 Å². The van der Waals surface area contributed by atoms with Gasteiger partial charge in [-0.2, -0.15) is 0 Å². The summed E-state index contributed by atoms with van der Waals surface area (Å²) < 4.78 is 0. The molecule has 0 radical (unpaired) electrons. The zero-order chi connectivity index (χ0) is 11.3. The maximum atomic E-state index is 4.17. The van der Waals surface area contributed by atoms with Crippen LogP contribution in [0.4, 0.5) is 0 Å². The van der Waals surface area contributed by atoms with Crippen molar-refractivity contribution in [3.8, 4) is 0 Å². The van der Waals surface area contributed by atoms with Crippen LogP contribution in [0.15, 0.2) is 47.1 Å². The Morgan fingerprint density at radius 2 is 2.07 bits per heavy atom. The van der Waals surface area contributed by atoms with Gasteiger partial charge in [0.25, 0.3) is 0 Å². The molecule has 0 N–H and O–H groups in total. The van der Waals surface area contributed by atoms with E-state index in [2.05, 4.69) is 45.6 Å². The Morgan fingerprint density at radius 1 is 1.33 bits per heavy atom. The van der Waals surface area contributed by atoms with Crippen molar-refractivity contribution in [2.24, 2.45) is 0 Å². The number of rotatable bonds is 4. The van der Waals surface area contributed by atoms with Gasteiger partial charge in [0.15, 0.2) is 0 Å². The average molecular weight is 202 g/mol. The molecule has 1 aliphatic carbocycles. The molecule has 0 nitrogen and oxygen atoms in total. The second-order valence-electron chi connectivity index (χ2n) is 4.63. The van der Waals surface area contributed by atoms with E-state index < -0.39 is 0 Å². The third kappa shape index (κ3) is 4.33. The van der Waals surface area contributed by atoms with Gasteiger partial charge in [0.05, 0.1) is 0 Å². The van der Waals surface area contributed by atoms with Crippen LogP contribution in [0.25, 0.3) is 0 Å². The van der Waals surface area contributed by atoms with E-state index in [9.17, 15) is 0 Å². The van der Waals surface area contributed by atoms with E-state index >= 15 is 0 Å². The summed E-state index contributed by atoms with van der Waals surface area (Å²) in [6, 6.07) is 0. The van der Waals surface area contributed by atoms with Crippen LogP contribution in [-0.4, -0.2) is 0 Å². The summed E-state index contributed by atoms with van der Waals surface area (Å²) >= 11 is 0. The Balaban J connectivity index is 2.45. The highest BCUT2D eigenvalue weighted by Crippen LogP contribution is 2.25. The summed E-state index contributed by atoms with van der Waals surface area (Å²) in [6.45, 7) is 10.7. The molecule has 0 heterocycles. The van der Waals surface area contributed by atoms with Crippen LogP contribution in [0.3, 0.4) is 0 Å². The lowest BCUT2D eigenvalue weighted by Gasteiger charge is -2.14.